The molecule has 0 radical (unpaired) electrons. The van der Waals surface area contributed by atoms with E-state index in [1.165, 1.54) is 71.9 Å². The Morgan fingerprint density at radius 1 is 0.375 bits per heavy atom. The normalized spacial score (nSPS) is 16.1. The van der Waals surface area contributed by atoms with Gasteiger partial charge >= 0.3 is 17.9 Å². The molecule has 1 aliphatic rings. The number of aliphatic hydroxyl groups is 2. The first-order valence-electron chi connectivity index (χ1n) is 27.4. The number of hydrogen-bond acceptors (Lipinski definition) is 23. The van der Waals surface area contributed by atoms with Crippen LogP contribution in [0.3, 0.4) is 0 Å². The summed E-state index contributed by atoms with van der Waals surface area (Å²) in [4.78, 5) is 44.4. The highest BCUT2D eigenvalue weighted by molar-refractivity contribution is 5.93. The van der Waals surface area contributed by atoms with Crippen LogP contribution in [-0.4, -0.2) is 135 Å². The van der Waals surface area contributed by atoms with Gasteiger partial charge in [-0.25, -0.2) is 14.4 Å². The molecule has 0 amide bonds. The zero-order valence-corrected chi connectivity index (χ0v) is 48.9. The van der Waals surface area contributed by atoms with Gasteiger partial charge in [-0.1, -0.05) is 121 Å². The third-order valence-electron chi connectivity index (χ3n) is 12.8. The zero-order valence-electron chi connectivity index (χ0n) is 48.9. The van der Waals surface area contributed by atoms with Gasteiger partial charge < -0.3 is 95.5 Å². The van der Waals surface area contributed by atoms with Gasteiger partial charge in [0.1, 0.15) is 32.5 Å². The van der Waals surface area contributed by atoms with Crippen LogP contribution in [0.2, 0.25) is 0 Å². The second kappa shape index (κ2) is 33.7. The minimum absolute atomic E-state index is 0.000801. The van der Waals surface area contributed by atoms with Crippen LogP contribution >= 0.6 is 0 Å². The molecule has 23 heteroatoms. The van der Waals surface area contributed by atoms with Gasteiger partial charge in [-0.3, -0.25) is 0 Å². The van der Waals surface area contributed by atoms with E-state index in [1.54, 1.807) is 0 Å². The SMILES string of the molecule is COCOc1cc(C(=O)O[C@@H]2O[C@H](CO)[C@@H](OC(=O)c3cc(OCc4ccccc4)c(OCOC)c(OCc4ccccc4)c3)[C@H](OC(=O)c3cc(OCc4ccccc4)c(OCOC)c(OCc4ccccc4)c3)[C@H]2O)cc(OCOC)c1OCOC. The van der Waals surface area contributed by atoms with E-state index in [0.29, 0.717) is 0 Å². The predicted octanol–water partition coefficient (Wildman–Crippen LogP) is 8.60. The molecule has 466 valence electrons. The van der Waals surface area contributed by atoms with Crippen molar-refractivity contribution in [3.8, 4) is 51.7 Å². The maximum atomic E-state index is 15.0. The summed E-state index contributed by atoms with van der Waals surface area (Å²) in [6.07, 6.45) is -9.81. The maximum absolute atomic E-state index is 15.0. The molecule has 1 aliphatic heterocycles. The molecule has 8 rings (SSSR count). The summed E-state index contributed by atoms with van der Waals surface area (Å²) in [6, 6.07) is 44.6. The molecule has 1 heterocycles. The standard InChI is InChI=1S/C65H68O23/c1-71-37-80-53-30-48(31-54(81-38-72-2)59(53)84-41-75-5)64(70)88-65-56(67)61(87-63(69)47-28-51(78-35-44-22-14-8-15-23-44)58(83-40-74-4)52(29-47)79-36-45-24-16-9-17-25-45)60(55(32-66)85-65)86-62(68)46-26-49(76-33-42-18-10-6-11-19-42)57(82-39-73-3)50(27-46)77-34-43-20-12-7-13-21-43/h6-31,55-56,60-61,65-67H,32-41H2,1-5H3/t55-,56-,60-,61-,65+/m1/s1. The van der Waals surface area contributed by atoms with Gasteiger partial charge in [0.25, 0.3) is 0 Å². The van der Waals surface area contributed by atoms with Gasteiger partial charge in [-0.15, -0.1) is 0 Å². The molecule has 7 aromatic carbocycles. The number of carbonyl (C=O) groups excluding carboxylic acids is 3. The van der Waals surface area contributed by atoms with Gasteiger partial charge in [-0.05, 0) is 58.7 Å². The highest BCUT2D eigenvalue weighted by Gasteiger charge is 2.52. The van der Waals surface area contributed by atoms with Gasteiger partial charge in [0.15, 0.2) is 86.8 Å². The number of rotatable bonds is 34. The second-order valence-corrected chi connectivity index (χ2v) is 19.1. The molecule has 0 aromatic heterocycles. The smallest absolute Gasteiger partial charge is 0.340 e. The minimum Gasteiger partial charge on any atom is -0.485 e. The Bertz CT molecular complexity index is 3140. The Labute approximate surface area is 507 Å². The first-order valence-corrected chi connectivity index (χ1v) is 27.4. The Hall–Kier alpha value is -9.17. The largest absolute Gasteiger partial charge is 0.485 e. The molecule has 5 atom stereocenters. The molecule has 1 saturated heterocycles. The summed E-state index contributed by atoms with van der Waals surface area (Å²) in [7, 11) is 7.00. The predicted molar refractivity (Wildman–Crippen MR) is 311 cm³/mol. The second-order valence-electron chi connectivity index (χ2n) is 19.1. The van der Waals surface area contributed by atoms with E-state index < -0.39 is 55.2 Å². The van der Waals surface area contributed by atoms with E-state index in [0.717, 1.165) is 22.3 Å². The summed E-state index contributed by atoms with van der Waals surface area (Å²) in [6.45, 7) is -2.30. The lowest BCUT2D eigenvalue weighted by molar-refractivity contribution is -0.283. The topological polar surface area (TPSA) is 258 Å². The number of ether oxygens (including phenoxy) is 18. The maximum Gasteiger partial charge on any atom is 0.340 e. The van der Waals surface area contributed by atoms with E-state index in [4.69, 9.17) is 85.3 Å². The van der Waals surface area contributed by atoms with Gasteiger partial charge in [-0.2, -0.15) is 0 Å². The van der Waals surface area contributed by atoms with Gasteiger partial charge in [0.2, 0.25) is 23.5 Å². The summed E-state index contributed by atoms with van der Waals surface area (Å²) < 4.78 is 105. The number of benzene rings is 7. The van der Waals surface area contributed by atoms with Crippen molar-refractivity contribution in [1.29, 1.82) is 0 Å². The lowest BCUT2D eigenvalue weighted by Gasteiger charge is -2.42. The highest BCUT2D eigenvalue weighted by Crippen LogP contribution is 2.44. The quantitative estimate of drug-likeness (QED) is 0.0217. The molecule has 7 aromatic rings. The fourth-order valence-corrected chi connectivity index (χ4v) is 8.67. The monoisotopic (exact) mass is 1220 g/mol. The van der Waals surface area contributed by atoms with Crippen LogP contribution < -0.4 is 42.6 Å². The Kier molecular flexibility index (Phi) is 24.8. The van der Waals surface area contributed by atoms with E-state index in [-0.39, 0.29) is 129 Å². The lowest BCUT2D eigenvalue weighted by atomic mass is 9.98. The molecule has 0 unspecified atom stereocenters. The van der Waals surface area contributed by atoms with Crippen LogP contribution in [0.4, 0.5) is 0 Å². The van der Waals surface area contributed by atoms with Crippen LogP contribution in [-0.2, 0) is 69.1 Å². The Morgan fingerprint density at radius 3 is 0.943 bits per heavy atom. The van der Waals surface area contributed by atoms with E-state index in [1.807, 2.05) is 121 Å². The molecule has 88 heavy (non-hydrogen) atoms. The highest BCUT2D eigenvalue weighted by atomic mass is 16.7. The lowest BCUT2D eigenvalue weighted by Crippen LogP contribution is -2.62. The van der Waals surface area contributed by atoms with Crippen molar-refractivity contribution in [2.24, 2.45) is 0 Å². The molecular weight excluding hydrogens is 1150 g/mol. The zero-order chi connectivity index (χ0) is 62.0. The van der Waals surface area contributed by atoms with Gasteiger partial charge in [0.05, 0.1) is 23.3 Å². The summed E-state index contributed by atoms with van der Waals surface area (Å²) in [5.41, 5.74) is 2.42. The van der Waals surface area contributed by atoms with Crippen LogP contribution in [0.15, 0.2) is 158 Å². The minimum atomic E-state index is -2.18. The van der Waals surface area contributed by atoms with E-state index in [9.17, 15) is 19.8 Å². The third kappa shape index (κ3) is 18.0. The summed E-state index contributed by atoms with van der Waals surface area (Å²) >= 11 is 0. The molecule has 23 nitrogen and oxygen atoms in total. The average molecular weight is 1220 g/mol. The van der Waals surface area contributed by atoms with Crippen LogP contribution in [0.25, 0.3) is 0 Å². The number of hydrogen-bond donors (Lipinski definition) is 2. The van der Waals surface area contributed by atoms with Crippen LogP contribution in [0.1, 0.15) is 53.3 Å². The molecule has 2 N–H and O–H groups in total. The van der Waals surface area contributed by atoms with E-state index in [2.05, 4.69) is 0 Å². The Balaban J connectivity index is 1.19. The number of carbonyl (C=O) groups is 3. The fourth-order valence-electron chi connectivity index (χ4n) is 8.67. The van der Waals surface area contributed by atoms with Gasteiger partial charge in [0, 0.05) is 35.5 Å². The Morgan fingerprint density at radius 2 is 0.648 bits per heavy atom. The van der Waals surface area contributed by atoms with Crippen molar-refractivity contribution >= 4 is 17.9 Å². The van der Waals surface area contributed by atoms with E-state index >= 15 is 4.79 Å². The van der Waals surface area contributed by atoms with Crippen LogP contribution in [0, 0.1) is 0 Å². The first-order chi connectivity index (χ1) is 43.0. The number of esters is 3. The summed E-state index contributed by atoms with van der Waals surface area (Å²) in [5.74, 6) is -3.29. The molecular formula is C65H68O23. The molecule has 1 fully saturated rings. The van der Waals surface area contributed by atoms with Crippen molar-refractivity contribution in [2.75, 3.05) is 76.1 Å². The molecule has 0 aliphatic carbocycles. The fraction of sp³-hybridized carbons (Fsp3) is 0.308. The average Bonchev–Trinajstić information content (AvgIpc) is 3.17. The number of methoxy groups -OCH3 is 5. The molecule has 0 bridgehead atoms. The van der Waals surface area contributed by atoms with Crippen molar-refractivity contribution in [1.82, 2.24) is 0 Å². The molecule has 0 saturated carbocycles. The summed E-state index contributed by atoms with van der Waals surface area (Å²) in [5, 5.41) is 23.7. The van der Waals surface area contributed by atoms with Crippen molar-refractivity contribution in [2.45, 2.75) is 57.1 Å². The number of aliphatic hydroxyl groups excluding tert-OH is 2. The van der Waals surface area contributed by atoms with Crippen molar-refractivity contribution < 1.29 is 110 Å². The first kappa shape index (κ1) is 64.8. The van der Waals surface area contributed by atoms with Crippen LogP contribution in [0.5, 0.6) is 51.7 Å². The third-order valence-corrected chi connectivity index (χ3v) is 12.8. The van der Waals surface area contributed by atoms with Crippen molar-refractivity contribution in [3.63, 3.8) is 0 Å². The molecule has 0 spiro atoms. The van der Waals surface area contributed by atoms with Crippen molar-refractivity contribution in [3.05, 3.63) is 197 Å².